The van der Waals surface area contributed by atoms with Crippen molar-refractivity contribution >= 4 is 5.97 Å². The van der Waals surface area contributed by atoms with Gasteiger partial charge in [0.2, 0.25) is 0 Å². The number of carboxylic acid groups (broad SMARTS) is 1. The molecule has 0 saturated heterocycles. The standard InChI is InChI=1S/C12H24N2O2/c1-3-14(9-12(2,13)11(15)16)10-7-5-4-6-8-10/h10H,3-9,13H2,1-2H3,(H,15,16). The van der Waals surface area contributed by atoms with Crippen LogP contribution in [0.15, 0.2) is 0 Å². The van der Waals surface area contributed by atoms with Crippen molar-refractivity contribution in [1.82, 2.24) is 4.90 Å². The Bertz CT molecular complexity index is 235. The molecule has 0 aromatic carbocycles. The fourth-order valence-corrected chi connectivity index (χ4v) is 2.43. The predicted molar refractivity (Wildman–Crippen MR) is 64.3 cm³/mol. The van der Waals surface area contributed by atoms with Crippen molar-refractivity contribution < 1.29 is 9.90 Å². The van der Waals surface area contributed by atoms with Gasteiger partial charge in [-0.2, -0.15) is 0 Å². The Morgan fingerprint density at radius 1 is 1.44 bits per heavy atom. The van der Waals surface area contributed by atoms with Gasteiger partial charge in [-0.1, -0.05) is 26.2 Å². The van der Waals surface area contributed by atoms with Crippen molar-refractivity contribution in [2.24, 2.45) is 5.73 Å². The van der Waals surface area contributed by atoms with Crippen LogP contribution in [0.3, 0.4) is 0 Å². The van der Waals surface area contributed by atoms with Crippen LogP contribution in [-0.2, 0) is 4.79 Å². The summed E-state index contributed by atoms with van der Waals surface area (Å²) in [6.45, 7) is 5.00. The first kappa shape index (κ1) is 13.5. The van der Waals surface area contributed by atoms with Crippen LogP contribution in [0, 0.1) is 0 Å². The first-order chi connectivity index (χ1) is 7.47. The van der Waals surface area contributed by atoms with Crippen LogP contribution in [0.25, 0.3) is 0 Å². The number of hydrogen-bond acceptors (Lipinski definition) is 3. The van der Waals surface area contributed by atoms with E-state index >= 15 is 0 Å². The molecule has 0 amide bonds. The molecule has 1 aliphatic rings. The summed E-state index contributed by atoms with van der Waals surface area (Å²) in [6, 6.07) is 0.529. The zero-order valence-corrected chi connectivity index (χ0v) is 10.4. The van der Waals surface area contributed by atoms with Gasteiger partial charge in [0.25, 0.3) is 0 Å². The van der Waals surface area contributed by atoms with Crippen LogP contribution < -0.4 is 5.73 Å². The van der Waals surface area contributed by atoms with Crippen LogP contribution in [0.2, 0.25) is 0 Å². The SMILES string of the molecule is CCN(CC(C)(N)C(=O)O)C1CCCCC1. The highest BCUT2D eigenvalue weighted by Gasteiger charge is 2.32. The Hall–Kier alpha value is -0.610. The Kier molecular flexibility index (Phi) is 4.74. The third-order valence-corrected chi connectivity index (χ3v) is 3.52. The van der Waals surface area contributed by atoms with Crippen LogP contribution in [-0.4, -0.2) is 40.6 Å². The van der Waals surface area contributed by atoms with Gasteiger partial charge in [-0.05, 0) is 26.3 Å². The number of carboxylic acids is 1. The van der Waals surface area contributed by atoms with Crippen molar-refractivity contribution in [3.8, 4) is 0 Å². The van der Waals surface area contributed by atoms with Gasteiger partial charge < -0.3 is 10.8 Å². The average Bonchev–Trinajstić information content (AvgIpc) is 2.27. The summed E-state index contributed by atoms with van der Waals surface area (Å²) in [7, 11) is 0. The van der Waals surface area contributed by atoms with E-state index in [9.17, 15) is 4.79 Å². The highest BCUT2D eigenvalue weighted by molar-refractivity contribution is 5.78. The molecule has 1 rings (SSSR count). The molecule has 0 spiro atoms. The Labute approximate surface area is 97.8 Å². The molecular weight excluding hydrogens is 204 g/mol. The largest absolute Gasteiger partial charge is 0.480 e. The number of carbonyl (C=O) groups is 1. The highest BCUT2D eigenvalue weighted by atomic mass is 16.4. The minimum absolute atomic E-state index is 0.448. The van der Waals surface area contributed by atoms with E-state index in [0.717, 1.165) is 6.54 Å². The molecule has 1 atom stereocenters. The number of nitrogens with two attached hydrogens (primary N) is 1. The highest BCUT2D eigenvalue weighted by Crippen LogP contribution is 2.23. The number of likely N-dealkylation sites (N-methyl/N-ethyl adjacent to an activating group) is 1. The molecule has 4 heteroatoms. The van der Waals surface area contributed by atoms with Crippen molar-refractivity contribution in [2.45, 2.75) is 57.5 Å². The van der Waals surface area contributed by atoms with Gasteiger partial charge in [-0.25, -0.2) is 0 Å². The third-order valence-electron chi connectivity index (χ3n) is 3.52. The first-order valence-corrected chi connectivity index (χ1v) is 6.23. The Morgan fingerprint density at radius 2 is 2.00 bits per heavy atom. The first-order valence-electron chi connectivity index (χ1n) is 6.23. The van der Waals surface area contributed by atoms with Crippen molar-refractivity contribution in [1.29, 1.82) is 0 Å². The summed E-state index contributed by atoms with van der Waals surface area (Å²) in [6.07, 6.45) is 6.20. The quantitative estimate of drug-likeness (QED) is 0.747. The van der Waals surface area contributed by atoms with Crippen LogP contribution in [0.4, 0.5) is 0 Å². The lowest BCUT2D eigenvalue weighted by Gasteiger charge is -2.37. The zero-order chi connectivity index (χ0) is 12.2. The number of rotatable bonds is 5. The van der Waals surface area contributed by atoms with Crippen molar-refractivity contribution in [3.05, 3.63) is 0 Å². The Morgan fingerprint density at radius 3 is 2.44 bits per heavy atom. The second kappa shape index (κ2) is 5.64. The van der Waals surface area contributed by atoms with E-state index in [-0.39, 0.29) is 0 Å². The van der Waals surface area contributed by atoms with Gasteiger partial charge in [0.1, 0.15) is 5.54 Å². The van der Waals surface area contributed by atoms with Gasteiger partial charge in [0.05, 0.1) is 0 Å². The molecule has 0 heterocycles. The smallest absolute Gasteiger partial charge is 0.324 e. The molecular formula is C12H24N2O2. The molecule has 1 unspecified atom stereocenters. The van der Waals surface area contributed by atoms with E-state index in [1.165, 1.54) is 32.1 Å². The summed E-state index contributed by atoms with van der Waals surface area (Å²) in [4.78, 5) is 13.2. The van der Waals surface area contributed by atoms with E-state index < -0.39 is 11.5 Å². The summed E-state index contributed by atoms with van der Waals surface area (Å²) in [5, 5.41) is 9.03. The fourth-order valence-electron chi connectivity index (χ4n) is 2.43. The molecule has 1 fully saturated rings. The fraction of sp³-hybridized carbons (Fsp3) is 0.917. The zero-order valence-electron chi connectivity index (χ0n) is 10.4. The molecule has 1 saturated carbocycles. The second-order valence-corrected chi connectivity index (χ2v) is 5.08. The monoisotopic (exact) mass is 228 g/mol. The third kappa shape index (κ3) is 3.46. The summed E-state index contributed by atoms with van der Waals surface area (Å²) in [5.41, 5.74) is 4.67. The average molecular weight is 228 g/mol. The van der Waals surface area contributed by atoms with Crippen LogP contribution in [0.5, 0.6) is 0 Å². The number of nitrogens with zero attached hydrogens (tertiary/aromatic N) is 1. The molecule has 0 aromatic heterocycles. The second-order valence-electron chi connectivity index (χ2n) is 5.08. The van der Waals surface area contributed by atoms with E-state index in [4.69, 9.17) is 10.8 Å². The molecule has 94 valence electrons. The predicted octanol–water partition coefficient (Wildman–Crippen LogP) is 1.44. The molecule has 3 N–H and O–H groups in total. The summed E-state index contributed by atoms with van der Waals surface area (Å²) < 4.78 is 0. The van der Waals surface area contributed by atoms with E-state index in [0.29, 0.717) is 12.6 Å². The van der Waals surface area contributed by atoms with Gasteiger partial charge in [0.15, 0.2) is 0 Å². The molecule has 0 aliphatic heterocycles. The summed E-state index contributed by atoms with van der Waals surface area (Å²) >= 11 is 0. The van der Waals surface area contributed by atoms with Crippen LogP contribution >= 0.6 is 0 Å². The number of hydrogen-bond donors (Lipinski definition) is 2. The van der Waals surface area contributed by atoms with E-state index in [2.05, 4.69) is 11.8 Å². The molecule has 4 nitrogen and oxygen atoms in total. The molecule has 0 radical (unpaired) electrons. The van der Waals surface area contributed by atoms with E-state index in [1.54, 1.807) is 6.92 Å². The van der Waals surface area contributed by atoms with Gasteiger partial charge >= 0.3 is 5.97 Å². The molecule has 0 bridgehead atoms. The summed E-state index contributed by atoms with van der Waals surface area (Å²) in [5.74, 6) is -0.915. The molecule has 0 aromatic rings. The van der Waals surface area contributed by atoms with Gasteiger partial charge in [0, 0.05) is 12.6 Å². The van der Waals surface area contributed by atoms with Crippen LogP contribution in [0.1, 0.15) is 46.0 Å². The van der Waals surface area contributed by atoms with Gasteiger partial charge in [-0.3, -0.25) is 9.69 Å². The minimum Gasteiger partial charge on any atom is -0.480 e. The lowest BCUT2D eigenvalue weighted by molar-refractivity contribution is -0.143. The number of aliphatic carboxylic acids is 1. The minimum atomic E-state index is -1.13. The molecule has 1 aliphatic carbocycles. The Balaban J connectivity index is 2.56. The van der Waals surface area contributed by atoms with E-state index in [1.807, 2.05) is 0 Å². The van der Waals surface area contributed by atoms with Crippen molar-refractivity contribution in [3.63, 3.8) is 0 Å². The lowest BCUT2D eigenvalue weighted by Crippen LogP contribution is -2.56. The maximum atomic E-state index is 11.0. The maximum absolute atomic E-state index is 11.0. The van der Waals surface area contributed by atoms with Crippen molar-refractivity contribution in [2.75, 3.05) is 13.1 Å². The topological polar surface area (TPSA) is 66.6 Å². The normalized spacial score (nSPS) is 22.0. The molecule has 16 heavy (non-hydrogen) atoms. The maximum Gasteiger partial charge on any atom is 0.324 e. The van der Waals surface area contributed by atoms with Gasteiger partial charge in [-0.15, -0.1) is 0 Å². The lowest BCUT2D eigenvalue weighted by atomic mass is 9.92.